The van der Waals surface area contributed by atoms with E-state index in [-0.39, 0.29) is 30.7 Å². The molecular weight excluding hydrogens is 540 g/mol. The summed E-state index contributed by atoms with van der Waals surface area (Å²) in [4.78, 5) is 24.8. The van der Waals surface area contributed by atoms with Gasteiger partial charge in [-0.1, -0.05) is 12.1 Å². The fourth-order valence-corrected chi connectivity index (χ4v) is 6.37. The molecule has 3 saturated heterocycles. The maximum absolute atomic E-state index is 13.7. The largest absolute Gasteiger partial charge is 0.509 e. The molecule has 16 heteroatoms. The van der Waals surface area contributed by atoms with E-state index in [9.17, 15) is 13.8 Å². The summed E-state index contributed by atoms with van der Waals surface area (Å²) >= 11 is 0. The van der Waals surface area contributed by atoms with Gasteiger partial charge in [0, 0.05) is 6.42 Å². The van der Waals surface area contributed by atoms with E-state index in [1.807, 2.05) is 0 Å². The highest BCUT2D eigenvalue weighted by Gasteiger charge is 2.64. The molecule has 3 aromatic rings. The molecule has 3 aliphatic heterocycles. The van der Waals surface area contributed by atoms with E-state index in [0.29, 0.717) is 24.1 Å². The van der Waals surface area contributed by atoms with Gasteiger partial charge in [0.25, 0.3) is 0 Å². The normalized spacial score (nSPS) is 32.1. The third-order valence-corrected chi connectivity index (χ3v) is 8.15. The van der Waals surface area contributed by atoms with E-state index in [4.69, 9.17) is 38.3 Å². The van der Waals surface area contributed by atoms with Gasteiger partial charge in [-0.2, -0.15) is 9.97 Å². The molecule has 39 heavy (non-hydrogen) atoms. The SMILES string of the molecule is CCOc1nc(N)nc2ncn([C@@H]3O[C@H](CO[P@@]4(=O)OCC[C@@H](c5cccc(F)c5)O4)[C@H]4OC(=O)O[C@]43C)c12. The molecule has 0 radical (unpaired) electrons. The van der Waals surface area contributed by atoms with Crippen molar-refractivity contribution in [3.63, 3.8) is 0 Å². The first kappa shape index (κ1) is 25.9. The molecule has 0 unspecified atom stereocenters. The molecule has 5 heterocycles. The number of carbonyl (C=O) groups is 1. The van der Waals surface area contributed by atoms with Crippen molar-refractivity contribution in [2.75, 3.05) is 25.6 Å². The molecular formula is C23H25FN5O9P. The van der Waals surface area contributed by atoms with Crippen molar-refractivity contribution in [3.8, 4) is 5.88 Å². The number of aromatic nitrogens is 4. The summed E-state index contributed by atoms with van der Waals surface area (Å²) in [5.74, 6) is -0.301. The van der Waals surface area contributed by atoms with Crippen LogP contribution in [-0.4, -0.2) is 63.3 Å². The molecule has 3 fully saturated rings. The van der Waals surface area contributed by atoms with Gasteiger partial charge in [0.15, 0.2) is 29.1 Å². The molecule has 0 amide bonds. The van der Waals surface area contributed by atoms with Crippen LogP contribution in [0.4, 0.5) is 15.1 Å². The van der Waals surface area contributed by atoms with E-state index in [2.05, 4.69) is 15.0 Å². The zero-order valence-corrected chi connectivity index (χ0v) is 21.8. The van der Waals surface area contributed by atoms with Gasteiger partial charge in [-0.05, 0) is 31.5 Å². The number of anilines is 1. The van der Waals surface area contributed by atoms with Crippen LogP contribution in [0.1, 0.15) is 38.2 Å². The van der Waals surface area contributed by atoms with Gasteiger partial charge in [-0.15, -0.1) is 0 Å². The van der Waals surface area contributed by atoms with Crippen LogP contribution in [0.5, 0.6) is 5.88 Å². The molecule has 6 atom stereocenters. The van der Waals surface area contributed by atoms with Crippen LogP contribution in [-0.2, 0) is 32.3 Å². The summed E-state index contributed by atoms with van der Waals surface area (Å²) < 4.78 is 68.0. The van der Waals surface area contributed by atoms with E-state index >= 15 is 0 Å². The average Bonchev–Trinajstić information content (AvgIpc) is 3.52. The lowest BCUT2D eigenvalue weighted by Crippen LogP contribution is -2.42. The van der Waals surface area contributed by atoms with Gasteiger partial charge < -0.3 is 24.7 Å². The topological polar surface area (TPSA) is 168 Å². The Morgan fingerprint density at radius 1 is 1.33 bits per heavy atom. The van der Waals surface area contributed by atoms with E-state index < -0.39 is 49.9 Å². The van der Waals surface area contributed by atoms with E-state index in [1.54, 1.807) is 24.5 Å². The van der Waals surface area contributed by atoms with Gasteiger partial charge in [0.2, 0.25) is 11.8 Å². The van der Waals surface area contributed by atoms with Crippen molar-refractivity contribution in [3.05, 3.63) is 42.0 Å². The predicted molar refractivity (Wildman–Crippen MR) is 129 cm³/mol. The van der Waals surface area contributed by atoms with E-state index in [0.717, 1.165) is 0 Å². The van der Waals surface area contributed by atoms with Crippen molar-refractivity contribution >= 4 is 31.1 Å². The summed E-state index contributed by atoms with van der Waals surface area (Å²) in [5, 5.41) is 0. The molecule has 0 bridgehead atoms. The third kappa shape index (κ3) is 4.59. The number of hydrogen-bond acceptors (Lipinski definition) is 13. The first-order valence-electron chi connectivity index (χ1n) is 12.2. The Morgan fingerprint density at radius 2 is 2.18 bits per heavy atom. The summed E-state index contributed by atoms with van der Waals surface area (Å²) in [6.45, 7) is 3.44. The minimum absolute atomic E-state index is 0.0247. The highest BCUT2D eigenvalue weighted by molar-refractivity contribution is 7.48. The number of carbonyl (C=O) groups excluding carboxylic acids is 1. The lowest BCUT2D eigenvalue weighted by Gasteiger charge is -2.29. The Hall–Kier alpha value is -3.36. The maximum Gasteiger partial charge on any atom is 0.509 e. The van der Waals surface area contributed by atoms with Gasteiger partial charge in [-0.25, -0.2) is 18.7 Å². The second-order valence-corrected chi connectivity index (χ2v) is 10.9. The Kier molecular flexibility index (Phi) is 6.43. The Morgan fingerprint density at radius 3 is 2.97 bits per heavy atom. The summed E-state index contributed by atoms with van der Waals surface area (Å²) in [5.41, 5.74) is 5.57. The number of ether oxygens (including phenoxy) is 4. The van der Waals surface area contributed by atoms with Crippen LogP contribution >= 0.6 is 7.82 Å². The number of halogens is 1. The first-order valence-corrected chi connectivity index (χ1v) is 13.7. The van der Waals surface area contributed by atoms with Gasteiger partial charge in [-0.3, -0.25) is 18.1 Å². The molecule has 0 saturated carbocycles. The minimum Gasteiger partial charge on any atom is -0.476 e. The van der Waals surface area contributed by atoms with Crippen molar-refractivity contribution in [1.82, 2.24) is 19.5 Å². The highest BCUT2D eigenvalue weighted by Crippen LogP contribution is 2.58. The summed E-state index contributed by atoms with van der Waals surface area (Å²) in [7, 11) is -4.07. The number of rotatable bonds is 7. The molecule has 6 rings (SSSR count). The number of phosphoric ester groups is 1. The van der Waals surface area contributed by atoms with Crippen LogP contribution in [0, 0.1) is 5.82 Å². The number of imidazole rings is 1. The third-order valence-electron chi connectivity index (χ3n) is 6.67. The quantitative estimate of drug-likeness (QED) is 0.327. The van der Waals surface area contributed by atoms with Crippen molar-refractivity contribution in [1.29, 1.82) is 0 Å². The van der Waals surface area contributed by atoms with Crippen molar-refractivity contribution in [2.45, 2.75) is 50.4 Å². The second-order valence-electron chi connectivity index (χ2n) is 9.26. The Labute approximate surface area is 221 Å². The van der Waals surface area contributed by atoms with Crippen LogP contribution in [0.3, 0.4) is 0 Å². The fourth-order valence-electron chi connectivity index (χ4n) is 4.98. The first-order chi connectivity index (χ1) is 18.7. The number of nitrogens with zero attached hydrogens (tertiary/aromatic N) is 4. The van der Waals surface area contributed by atoms with Gasteiger partial charge in [0.05, 0.1) is 25.9 Å². The average molecular weight is 565 g/mol. The van der Waals surface area contributed by atoms with Crippen LogP contribution in [0.2, 0.25) is 0 Å². The Bertz CT molecular complexity index is 1470. The summed E-state index contributed by atoms with van der Waals surface area (Å²) in [6, 6.07) is 5.80. The molecule has 0 aliphatic carbocycles. The molecule has 14 nitrogen and oxygen atoms in total. The zero-order valence-electron chi connectivity index (χ0n) is 20.9. The summed E-state index contributed by atoms with van der Waals surface area (Å²) in [6.07, 6.45) is -2.69. The lowest BCUT2D eigenvalue weighted by molar-refractivity contribution is -0.0924. The number of nitrogens with two attached hydrogens (primary N) is 1. The van der Waals surface area contributed by atoms with Crippen LogP contribution < -0.4 is 10.5 Å². The highest BCUT2D eigenvalue weighted by atomic mass is 31.2. The number of benzene rings is 1. The minimum atomic E-state index is -4.07. The van der Waals surface area contributed by atoms with Crippen molar-refractivity contribution in [2.24, 2.45) is 0 Å². The smallest absolute Gasteiger partial charge is 0.476 e. The standard InChI is InChI=1S/C23H25FN5O9P/c1-3-32-19-16-18(27-21(25)28-19)26-11-29(16)20-23(2)17(36-22(30)37-23)15(35-20)10-34-39(31)33-8-7-14(38-39)12-5-4-6-13(24)9-12/h4-6,9,11,14-15,17,20H,3,7-8,10H2,1-2H3,(H2,25,27,28)/t14-,15+,17+,20+,23+,39+/m0/s1. The second kappa shape index (κ2) is 9.68. The number of hydrogen-bond donors (Lipinski definition) is 1. The molecule has 1 aromatic carbocycles. The predicted octanol–water partition coefficient (Wildman–Crippen LogP) is 3.44. The molecule has 3 aliphatic rings. The lowest BCUT2D eigenvalue weighted by atomic mass is 9.96. The zero-order chi connectivity index (χ0) is 27.4. The monoisotopic (exact) mass is 565 g/mol. The van der Waals surface area contributed by atoms with E-state index in [1.165, 1.54) is 24.5 Å². The maximum atomic E-state index is 13.7. The van der Waals surface area contributed by atoms with Crippen molar-refractivity contribution < 1.29 is 46.3 Å². The fraction of sp³-hybridized carbons (Fsp3) is 0.478. The number of fused-ring (bicyclic) bond motifs is 2. The molecule has 0 spiro atoms. The number of phosphoric acid groups is 1. The van der Waals surface area contributed by atoms with Crippen LogP contribution in [0.25, 0.3) is 11.2 Å². The van der Waals surface area contributed by atoms with Crippen LogP contribution in [0.15, 0.2) is 30.6 Å². The molecule has 2 aromatic heterocycles. The number of nitrogen functional groups attached to an aromatic ring is 1. The Balaban J connectivity index is 1.25. The van der Waals surface area contributed by atoms with Gasteiger partial charge >= 0.3 is 14.0 Å². The molecule has 208 valence electrons. The molecule has 2 N–H and O–H groups in total. The van der Waals surface area contributed by atoms with Gasteiger partial charge in [0.1, 0.15) is 18.2 Å².